The molecule has 4 heteroatoms. The van der Waals surface area contributed by atoms with Crippen molar-refractivity contribution in [3.63, 3.8) is 0 Å². The third-order valence-corrected chi connectivity index (χ3v) is 3.56. The van der Waals surface area contributed by atoms with E-state index in [0.29, 0.717) is 0 Å². The molecule has 0 aromatic heterocycles. The van der Waals surface area contributed by atoms with Crippen LogP contribution in [0.5, 0.6) is 5.75 Å². The standard InChI is InChI=1S/C12H13BrO3/c13-9-4-1-2-5-10(9)16-12(6-3-7-12)8-11(14)15/h1-2,4-5H,3,6-8H2,(H,14,15). The maximum Gasteiger partial charge on any atom is 0.307 e. The Morgan fingerprint density at radius 1 is 1.44 bits per heavy atom. The Morgan fingerprint density at radius 3 is 2.62 bits per heavy atom. The van der Waals surface area contributed by atoms with Crippen LogP contribution in [0, 0.1) is 0 Å². The minimum Gasteiger partial charge on any atom is -0.485 e. The number of benzene rings is 1. The van der Waals surface area contributed by atoms with Gasteiger partial charge in [0.15, 0.2) is 0 Å². The van der Waals surface area contributed by atoms with Crippen LogP contribution in [0.15, 0.2) is 28.7 Å². The van der Waals surface area contributed by atoms with Gasteiger partial charge in [-0.15, -0.1) is 0 Å². The smallest absolute Gasteiger partial charge is 0.307 e. The second kappa shape index (κ2) is 4.45. The molecule has 1 aromatic carbocycles. The Labute approximate surface area is 103 Å². The van der Waals surface area contributed by atoms with Crippen molar-refractivity contribution >= 4 is 21.9 Å². The van der Waals surface area contributed by atoms with Gasteiger partial charge in [0, 0.05) is 0 Å². The molecule has 1 fully saturated rings. The fourth-order valence-electron chi connectivity index (χ4n) is 1.92. The molecule has 1 aromatic rings. The van der Waals surface area contributed by atoms with Gasteiger partial charge in [-0.25, -0.2) is 0 Å². The molecule has 0 unspecified atom stereocenters. The van der Waals surface area contributed by atoms with Gasteiger partial charge in [-0.1, -0.05) is 12.1 Å². The molecule has 0 spiro atoms. The lowest BCUT2D eigenvalue weighted by molar-refractivity contribution is -0.144. The van der Waals surface area contributed by atoms with Crippen molar-refractivity contribution in [3.8, 4) is 5.75 Å². The summed E-state index contributed by atoms with van der Waals surface area (Å²) in [6, 6.07) is 7.53. The highest BCUT2D eigenvalue weighted by molar-refractivity contribution is 9.10. The highest BCUT2D eigenvalue weighted by atomic mass is 79.9. The van der Waals surface area contributed by atoms with E-state index in [4.69, 9.17) is 9.84 Å². The number of ether oxygens (including phenoxy) is 1. The van der Waals surface area contributed by atoms with Crippen LogP contribution in [-0.2, 0) is 4.79 Å². The van der Waals surface area contributed by atoms with Gasteiger partial charge < -0.3 is 9.84 Å². The molecule has 0 bridgehead atoms. The van der Waals surface area contributed by atoms with E-state index < -0.39 is 11.6 Å². The highest BCUT2D eigenvalue weighted by Crippen LogP contribution is 2.41. The number of carboxylic acid groups (broad SMARTS) is 1. The van der Waals surface area contributed by atoms with E-state index in [1.54, 1.807) is 0 Å². The summed E-state index contributed by atoms with van der Waals surface area (Å²) in [5.74, 6) is -0.0739. The Morgan fingerprint density at radius 2 is 2.12 bits per heavy atom. The molecule has 0 atom stereocenters. The zero-order chi connectivity index (χ0) is 11.6. The molecule has 0 amide bonds. The van der Waals surface area contributed by atoms with Gasteiger partial charge >= 0.3 is 5.97 Å². The molecular formula is C12H13BrO3. The fraction of sp³-hybridized carbons (Fsp3) is 0.417. The van der Waals surface area contributed by atoms with Crippen LogP contribution in [0.2, 0.25) is 0 Å². The Bertz CT molecular complexity index is 399. The van der Waals surface area contributed by atoms with Gasteiger partial charge in [0.25, 0.3) is 0 Å². The van der Waals surface area contributed by atoms with Crippen LogP contribution < -0.4 is 4.74 Å². The average molecular weight is 285 g/mol. The third-order valence-electron chi connectivity index (χ3n) is 2.90. The first-order valence-corrected chi connectivity index (χ1v) is 6.06. The molecule has 1 saturated carbocycles. The van der Waals surface area contributed by atoms with E-state index in [1.807, 2.05) is 24.3 Å². The average Bonchev–Trinajstić information content (AvgIpc) is 2.17. The molecule has 0 aliphatic heterocycles. The van der Waals surface area contributed by atoms with E-state index >= 15 is 0 Å². The lowest BCUT2D eigenvalue weighted by atomic mass is 9.77. The largest absolute Gasteiger partial charge is 0.485 e. The van der Waals surface area contributed by atoms with Crippen LogP contribution in [-0.4, -0.2) is 16.7 Å². The number of hydrogen-bond acceptors (Lipinski definition) is 2. The van der Waals surface area contributed by atoms with Gasteiger partial charge in [0.05, 0.1) is 10.9 Å². The predicted molar refractivity (Wildman–Crippen MR) is 63.6 cm³/mol. The summed E-state index contributed by atoms with van der Waals surface area (Å²) >= 11 is 3.40. The summed E-state index contributed by atoms with van der Waals surface area (Å²) in [7, 11) is 0. The molecule has 0 heterocycles. The molecular weight excluding hydrogens is 272 g/mol. The quantitative estimate of drug-likeness (QED) is 0.923. The lowest BCUT2D eigenvalue weighted by Crippen LogP contribution is -2.45. The number of halogens is 1. The predicted octanol–water partition coefficient (Wildman–Crippen LogP) is 3.23. The summed E-state index contributed by atoms with van der Waals surface area (Å²) in [6.07, 6.45) is 2.76. The van der Waals surface area contributed by atoms with Crippen molar-refractivity contribution in [2.24, 2.45) is 0 Å². The minimum atomic E-state index is -0.799. The molecule has 2 rings (SSSR count). The number of aliphatic carboxylic acids is 1. The molecule has 1 aliphatic rings. The van der Waals surface area contributed by atoms with Crippen molar-refractivity contribution in [2.45, 2.75) is 31.3 Å². The first-order valence-electron chi connectivity index (χ1n) is 5.27. The maximum absolute atomic E-state index is 10.8. The zero-order valence-electron chi connectivity index (χ0n) is 8.78. The lowest BCUT2D eigenvalue weighted by Gasteiger charge is -2.41. The van der Waals surface area contributed by atoms with Crippen LogP contribution in [0.25, 0.3) is 0 Å². The minimum absolute atomic E-state index is 0.0777. The monoisotopic (exact) mass is 284 g/mol. The second-order valence-corrected chi connectivity index (χ2v) is 4.99. The van der Waals surface area contributed by atoms with Crippen LogP contribution in [0.3, 0.4) is 0 Å². The highest BCUT2D eigenvalue weighted by Gasteiger charge is 2.41. The van der Waals surface area contributed by atoms with Crippen LogP contribution in [0.1, 0.15) is 25.7 Å². The zero-order valence-corrected chi connectivity index (χ0v) is 10.4. The molecule has 1 aliphatic carbocycles. The molecule has 86 valence electrons. The van der Waals surface area contributed by atoms with Crippen molar-refractivity contribution in [3.05, 3.63) is 28.7 Å². The summed E-state index contributed by atoms with van der Waals surface area (Å²) in [6.45, 7) is 0. The maximum atomic E-state index is 10.8. The van der Waals surface area contributed by atoms with Gasteiger partial charge in [-0.2, -0.15) is 0 Å². The van der Waals surface area contributed by atoms with E-state index in [0.717, 1.165) is 29.5 Å². The van der Waals surface area contributed by atoms with Gasteiger partial charge in [-0.05, 0) is 47.3 Å². The van der Waals surface area contributed by atoms with Crippen LogP contribution in [0.4, 0.5) is 0 Å². The molecule has 1 N–H and O–H groups in total. The fourth-order valence-corrected chi connectivity index (χ4v) is 2.29. The van der Waals surface area contributed by atoms with Crippen LogP contribution >= 0.6 is 15.9 Å². The number of carboxylic acids is 1. The SMILES string of the molecule is O=C(O)CC1(Oc2ccccc2Br)CCC1. The summed E-state index contributed by atoms with van der Waals surface area (Å²) in [5.41, 5.74) is -0.490. The topological polar surface area (TPSA) is 46.5 Å². The van der Waals surface area contributed by atoms with Gasteiger partial charge in [-0.3, -0.25) is 4.79 Å². The Balaban J connectivity index is 2.13. The Hall–Kier alpha value is -1.03. The third kappa shape index (κ3) is 2.38. The van der Waals surface area contributed by atoms with E-state index in [9.17, 15) is 4.79 Å². The molecule has 0 radical (unpaired) electrons. The van der Waals surface area contributed by atoms with Gasteiger partial charge in [0.1, 0.15) is 11.4 Å². The second-order valence-electron chi connectivity index (χ2n) is 4.14. The van der Waals surface area contributed by atoms with Gasteiger partial charge in [0.2, 0.25) is 0 Å². The normalized spacial score (nSPS) is 17.6. The number of hydrogen-bond donors (Lipinski definition) is 1. The van der Waals surface area contributed by atoms with Crippen molar-refractivity contribution in [1.82, 2.24) is 0 Å². The molecule has 3 nitrogen and oxygen atoms in total. The van der Waals surface area contributed by atoms with Crippen molar-refractivity contribution in [2.75, 3.05) is 0 Å². The molecule has 16 heavy (non-hydrogen) atoms. The Kier molecular flexibility index (Phi) is 3.19. The molecule has 0 saturated heterocycles. The summed E-state index contributed by atoms with van der Waals surface area (Å²) in [5, 5.41) is 8.87. The number of para-hydroxylation sites is 1. The first kappa shape index (κ1) is 11.5. The van der Waals surface area contributed by atoms with Crippen molar-refractivity contribution in [1.29, 1.82) is 0 Å². The summed E-state index contributed by atoms with van der Waals surface area (Å²) < 4.78 is 6.72. The number of rotatable bonds is 4. The first-order chi connectivity index (χ1) is 7.61. The van der Waals surface area contributed by atoms with Crippen molar-refractivity contribution < 1.29 is 14.6 Å². The number of carbonyl (C=O) groups is 1. The van der Waals surface area contributed by atoms with E-state index in [1.165, 1.54) is 0 Å². The van der Waals surface area contributed by atoms with E-state index in [-0.39, 0.29) is 6.42 Å². The summed E-state index contributed by atoms with van der Waals surface area (Å²) in [4.78, 5) is 10.8. The van der Waals surface area contributed by atoms with E-state index in [2.05, 4.69) is 15.9 Å².